The van der Waals surface area contributed by atoms with E-state index in [-0.39, 0.29) is 23.9 Å². The summed E-state index contributed by atoms with van der Waals surface area (Å²) in [5, 5.41) is 7.78. The van der Waals surface area contributed by atoms with Gasteiger partial charge in [-0.15, -0.1) is 11.3 Å². The first-order chi connectivity index (χ1) is 19.3. The van der Waals surface area contributed by atoms with Crippen molar-refractivity contribution in [2.45, 2.75) is 93.5 Å². The van der Waals surface area contributed by atoms with Crippen molar-refractivity contribution in [3.8, 4) is 11.3 Å². The van der Waals surface area contributed by atoms with E-state index in [0.29, 0.717) is 10.7 Å². The number of ether oxygens (including phenoxy) is 1. The maximum Gasteiger partial charge on any atom is 0.253 e. The number of aromatic nitrogens is 2. The number of nitrogens with one attached hydrogen (secondary N) is 2. The van der Waals surface area contributed by atoms with Gasteiger partial charge in [0.25, 0.3) is 5.91 Å². The van der Waals surface area contributed by atoms with E-state index in [1.54, 1.807) is 26.5 Å². The Bertz CT molecular complexity index is 1130. The number of rotatable bonds is 8. The molecule has 2 N–H and O–H groups in total. The average molecular weight is 587 g/mol. The fraction of sp³-hybridized carbons (Fsp3) is 0.545. The van der Waals surface area contributed by atoms with Gasteiger partial charge in [0, 0.05) is 43.1 Å². The molecule has 0 aliphatic heterocycles. The number of benzene rings is 1. The summed E-state index contributed by atoms with van der Waals surface area (Å²) in [7, 11) is 3.25. The van der Waals surface area contributed by atoms with Crippen molar-refractivity contribution in [2.75, 3.05) is 26.1 Å². The molecule has 230 valence electrons. The normalized spacial score (nSPS) is 10.3. The predicted octanol–water partition coefficient (Wildman–Crippen LogP) is 8.56. The minimum absolute atomic E-state index is 0.101. The van der Waals surface area contributed by atoms with Crippen LogP contribution in [0.4, 0.5) is 5.13 Å². The first-order valence-electron chi connectivity index (χ1n) is 14.5. The van der Waals surface area contributed by atoms with E-state index in [1.165, 1.54) is 37.0 Å². The number of thiazole rings is 1. The minimum Gasteiger partial charge on any atom is -0.388 e. The summed E-state index contributed by atoms with van der Waals surface area (Å²) in [5.41, 5.74) is 3.40. The molecule has 3 aromatic rings. The van der Waals surface area contributed by atoms with Crippen LogP contribution in [0.25, 0.3) is 11.3 Å². The lowest BCUT2D eigenvalue weighted by atomic mass is 10.1. The summed E-state index contributed by atoms with van der Waals surface area (Å²) in [4.78, 5) is 28.8. The van der Waals surface area contributed by atoms with Crippen LogP contribution in [-0.4, -0.2) is 42.1 Å². The van der Waals surface area contributed by atoms with Gasteiger partial charge in [0.1, 0.15) is 0 Å². The van der Waals surface area contributed by atoms with Crippen molar-refractivity contribution >= 4 is 28.3 Å². The van der Waals surface area contributed by atoms with E-state index in [9.17, 15) is 9.59 Å². The molecule has 0 unspecified atom stereocenters. The molecule has 0 radical (unpaired) electrons. The average Bonchev–Trinajstić information content (AvgIpc) is 3.58. The fourth-order valence-corrected chi connectivity index (χ4v) is 3.99. The Hall–Kier alpha value is -2.97. The van der Waals surface area contributed by atoms with Crippen LogP contribution >= 0.6 is 11.3 Å². The number of hydrogen-bond donors (Lipinski definition) is 2. The second kappa shape index (κ2) is 20.8. The number of aryl methyl sites for hydroxylation is 1. The van der Waals surface area contributed by atoms with Crippen LogP contribution in [0.5, 0.6) is 0 Å². The smallest absolute Gasteiger partial charge is 0.253 e. The molecule has 7 nitrogen and oxygen atoms in total. The summed E-state index contributed by atoms with van der Waals surface area (Å²) < 4.78 is 6.21. The Labute approximate surface area is 253 Å². The zero-order chi connectivity index (χ0) is 31.4. The van der Waals surface area contributed by atoms with E-state index in [0.717, 1.165) is 22.7 Å². The summed E-state index contributed by atoms with van der Waals surface area (Å²) >= 11 is 1.36. The molecule has 2 aromatic heterocycles. The fourth-order valence-electron chi connectivity index (χ4n) is 3.25. The van der Waals surface area contributed by atoms with E-state index < -0.39 is 0 Å². The lowest BCUT2D eigenvalue weighted by Gasteiger charge is -2.20. The molecule has 0 fully saturated rings. The molecule has 0 saturated heterocycles. The summed E-state index contributed by atoms with van der Waals surface area (Å²) in [6, 6.07) is 9.78. The van der Waals surface area contributed by atoms with Gasteiger partial charge in [-0.3, -0.25) is 9.59 Å². The lowest BCUT2D eigenvalue weighted by molar-refractivity contribution is -0.115. The van der Waals surface area contributed by atoms with Gasteiger partial charge < -0.3 is 19.9 Å². The van der Waals surface area contributed by atoms with Crippen molar-refractivity contribution in [1.29, 1.82) is 0 Å². The van der Waals surface area contributed by atoms with Gasteiger partial charge in [0.15, 0.2) is 5.13 Å². The molecule has 3 rings (SSSR count). The highest BCUT2D eigenvalue weighted by molar-refractivity contribution is 7.14. The molecule has 0 aliphatic carbocycles. The van der Waals surface area contributed by atoms with Crippen LogP contribution in [0.1, 0.15) is 97.0 Å². The topological polar surface area (TPSA) is 85.3 Å². The Kier molecular flexibility index (Phi) is 19.3. The van der Waals surface area contributed by atoms with Crippen LogP contribution in [-0.2, 0) is 15.1 Å². The first kappa shape index (κ1) is 38.0. The van der Waals surface area contributed by atoms with Crippen LogP contribution in [0.3, 0.4) is 0 Å². The minimum atomic E-state index is -0.311. The first-order valence-corrected chi connectivity index (χ1v) is 15.4. The lowest BCUT2D eigenvalue weighted by Crippen LogP contribution is -2.32. The zero-order valence-corrected chi connectivity index (χ0v) is 28.1. The summed E-state index contributed by atoms with van der Waals surface area (Å²) in [6.45, 7) is 19.1. The summed E-state index contributed by atoms with van der Waals surface area (Å²) in [6.07, 6.45) is 9.03. The Morgan fingerprint density at radius 1 is 1.10 bits per heavy atom. The van der Waals surface area contributed by atoms with Crippen molar-refractivity contribution in [3.05, 3.63) is 59.2 Å². The molecule has 2 heterocycles. The van der Waals surface area contributed by atoms with E-state index >= 15 is 0 Å². The van der Waals surface area contributed by atoms with Crippen molar-refractivity contribution in [3.63, 3.8) is 0 Å². The zero-order valence-electron chi connectivity index (χ0n) is 27.3. The van der Waals surface area contributed by atoms with Gasteiger partial charge in [-0.2, -0.15) is 0 Å². The summed E-state index contributed by atoms with van der Waals surface area (Å²) in [5.74, 6) is 0.312. The molecule has 0 spiro atoms. The van der Waals surface area contributed by atoms with E-state index in [2.05, 4.69) is 75.7 Å². The molecule has 0 aliphatic rings. The SMILES string of the molecule is CCC.CCCCC(C)C.COC.Cc1cccc(-c2csc(NC(=O)CNC(=O)c3ccn(C(C)(C)C)c3)n2)c1. The van der Waals surface area contributed by atoms with Crippen LogP contribution < -0.4 is 10.6 Å². The van der Waals surface area contributed by atoms with Gasteiger partial charge in [0.05, 0.1) is 17.8 Å². The maximum absolute atomic E-state index is 12.2. The quantitative estimate of drug-likeness (QED) is 0.277. The molecule has 2 amide bonds. The molecule has 41 heavy (non-hydrogen) atoms. The van der Waals surface area contributed by atoms with Crippen molar-refractivity contribution < 1.29 is 14.3 Å². The van der Waals surface area contributed by atoms with Crippen LogP contribution in [0, 0.1) is 12.8 Å². The molecule has 0 atom stereocenters. The highest BCUT2D eigenvalue weighted by atomic mass is 32.1. The standard InChI is InChI=1S/C21H24N4O2S.C7H16.C3H8.C2H6O/c1-14-6-5-7-15(10-14)17-13-28-20(23-17)24-18(26)11-22-19(27)16-8-9-25(12-16)21(2,3)4;1-4-5-6-7(2)3;2*1-3-2/h5-10,12-13H,11H2,1-4H3,(H,22,27)(H,23,24,26);7H,4-6H2,1-3H3;3H2,1-2H3;1-2H3. The predicted molar refractivity (Wildman–Crippen MR) is 176 cm³/mol. The van der Waals surface area contributed by atoms with Gasteiger partial charge in [-0.05, 0) is 45.7 Å². The molecular formula is C33H54N4O3S. The Balaban J connectivity index is 0.00000104. The van der Waals surface area contributed by atoms with Gasteiger partial charge in [-0.1, -0.05) is 84.1 Å². The third kappa shape index (κ3) is 16.8. The van der Waals surface area contributed by atoms with E-state index in [4.69, 9.17) is 0 Å². The number of methoxy groups -OCH3 is 1. The van der Waals surface area contributed by atoms with Gasteiger partial charge in [-0.25, -0.2) is 4.98 Å². The number of carbonyl (C=O) groups is 2. The highest BCUT2D eigenvalue weighted by Crippen LogP contribution is 2.25. The number of amides is 2. The maximum atomic E-state index is 12.2. The number of anilines is 1. The molecule has 1 aromatic carbocycles. The number of hydrogen-bond acceptors (Lipinski definition) is 5. The second-order valence-corrected chi connectivity index (χ2v) is 12.1. The highest BCUT2D eigenvalue weighted by Gasteiger charge is 2.16. The van der Waals surface area contributed by atoms with Gasteiger partial charge in [0.2, 0.25) is 5.91 Å². The van der Waals surface area contributed by atoms with Crippen LogP contribution in [0.15, 0.2) is 48.1 Å². The van der Waals surface area contributed by atoms with Gasteiger partial charge >= 0.3 is 0 Å². The molecule has 0 saturated carbocycles. The number of nitrogens with zero attached hydrogens (tertiary/aromatic N) is 2. The largest absolute Gasteiger partial charge is 0.388 e. The monoisotopic (exact) mass is 586 g/mol. The van der Waals surface area contributed by atoms with Crippen LogP contribution in [0.2, 0.25) is 0 Å². The van der Waals surface area contributed by atoms with Crippen molar-refractivity contribution in [1.82, 2.24) is 14.9 Å². The van der Waals surface area contributed by atoms with Crippen molar-refractivity contribution in [2.24, 2.45) is 5.92 Å². The number of carbonyl (C=O) groups excluding carboxylic acids is 2. The van der Waals surface area contributed by atoms with E-state index in [1.807, 2.05) is 47.3 Å². The second-order valence-electron chi connectivity index (χ2n) is 11.3. The third-order valence-corrected chi connectivity index (χ3v) is 6.10. The molecule has 0 bridgehead atoms. The Morgan fingerprint density at radius 3 is 2.22 bits per heavy atom. The number of unbranched alkanes of at least 4 members (excludes halogenated alkanes) is 1. The molecule has 8 heteroatoms. The third-order valence-electron chi connectivity index (χ3n) is 5.34. The molecular weight excluding hydrogens is 532 g/mol. The Morgan fingerprint density at radius 2 is 1.73 bits per heavy atom.